The molecule has 0 bridgehead atoms. The van der Waals surface area contributed by atoms with Crippen LogP contribution in [0.15, 0.2) is 41.8 Å². The Morgan fingerprint density at radius 2 is 2.00 bits per heavy atom. The van der Waals surface area contributed by atoms with Crippen LogP contribution in [-0.4, -0.2) is 39.3 Å². The van der Waals surface area contributed by atoms with Crippen molar-refractivity contribution >= 4 is 22.9 Å². The quantitative estimate of drug-likeness (QED) is 0.384. The van der Waals surface area contributed by atoms with E-state index in [1.807, 2.05) is 35.1 Å². The molecular formula is C21H25N5O2. The van der Waals surface area contributed by atoms with Crippen molar-refractivity contribution in [1.29, 1.82) is 0 Å². The molecule has 2 heterocycles. The summed E-state index contributed by atoms with van der Waals surface area (Å²) in [5.74, 6) is 0.832. The number of benzene rings is 1. The Labute approximate surface area is 164 Å². The predicted octanol–water partition coefficient (Wildman–Crippen LogP) is 4.04. The number of ether oxygens (including phenoxy) is 1. The van der Waals surface area contributed by atoms with Crippen molar-refractivity contribution < 1.29 is 9.94 Å². The average Bonchev–Trinajstić information content (AvgIpc) is 3.14. The Morgan fingerprint density at radius 1 is 1.21 bits per heavy atom. The number of methoxy groups -OCH3 is 1. The number of pyridine rings is 1. The lowest BCUT2D eigenvalue weighted by atomic mass is 9.95. The molecule has 2 aromatic heterocycles. The van der Waals surface area contributed by atoms with Gasteiger partial charge in [0, 0.05) is 17.8 Å². The maximum Gasteiger partial charge on any atom is 0.160 e. The highest BCUT2D eigenvalue weighted by Crippen LogP contribution is 2.29. The van der Waals surface area contributed by atoms with Crippen LogP contribution in [-0.2, 0) is 6.54 Å². The van der Waals surface area contributed by atoms with Crippen molar-refractivity contribution in [2.24, 2.45) is 5.16 Å². The first kappa shape index (κ1) is 18.3. The molecule has 0 atom stereocenters. The van der Waals surface area contributed by atoms with Gasteiger partial charge in [-0.1, -0.05) is 36.6 Å². The second-order valence-electron chi connectivity index (χ2n) is 7.20. The zero-order valence-corrected chi connectivity index (χ0v) is 16.0. The maximum atomic E-state index is 9.05. The van der Waals surface area contributed by atoms with E-state index < -0.39 is 0 Å². The summed E-state index contributed by atoms with van der Waals surface area (Å²) in [7, 11) is 1.66. The molecule has 4 rings (SSSR count). The summed E-state index contributed by atoms with van der Waals surface area (Å²) < 4.78 is 7.11. The maximum absolute atomic E-state index is 9.05. The average molecular weight is 379 g/mol. The standard InChI is InChI=1S/C21H25N5O2/c1-28-18-9-7-15(8-10-18)14-26-21-19(13-23-26)20(16(11-22-21)12-24-27)25-17-5-3-2-4-6-17/h7-13,17,27H,2-6,14H2,1H3,(H,22,25)/b24-12+. The van der Waals surface area contributed by atoms with E-state index in [0.717, 1.165) is 46.4 Å². The van der Waals surface area contributed by atoms with Gasteiger partial charge in [-0.3, -0.25) is 0 Å². The van der Waals surface area contributed by atoms with Gasteiger partial charge in [0.25, 0.3) is 0 Å². The van der Waals surface area contributed by atoms with Gasteiger partial charge in [0.2, 0.25) is 0 Å². The van der Waals surface area contributed by atoms with E-state index >= 15 is 0 Å². The molecule has 1 fully saturated rings. The van der Waals surface area contributed by atoms with Crippen molar-refractivity contribution in [3.63, 3.8) is 0 Å². The molecular weight excluding hydrogens is 354 g/mol. The van der Waals surface area contributed by atoms with Gasteiger partial charge < -0.3 is 15.3 Å². The fourth-order valence-corrected chi connectivity index (χ4v) is 3.83. The van der Waals surface area contributed by atoms with E-state index in [1.165, 1.54) is 25.5 Å². The number of aromatic nitrogens is 3. The highest BCUT2D eigenvalue weighted by Gasteiger charge is 2.18. The molecule has 0 unspecified atom stereocenters. The van der Waals surface area contributed by atoms with Crippen LogP contribution in [0, 0.1) is 0 Å². The van der Waals surface area contributed by atoms with Crippen LogP contribution >= 0.6 is 0 Å². The molecule has 1 aliphatic carbocycles. The van der Waals surface area contributed by atoms with Gasteiger partial charge in [-0.2, -0.15) is 5.10 Å². The number of hydrogen-bond acceptors (Lipinski definition) is 6. The Hall–Kier alpha value is -3.09. The van der Waals surface area contributed by atoms with Crippen molar-refractivity contribution in [3.8, 4) is 5.75 Å². The molecule has 0 radical (unpaired) electrons. The molecule has 0 spiro atoms. The van der Waals surface area contributed by atoms with Gasteiger partial charge in [0.15, 0.2) is 5.65 Å². The number of anilines is 1. The van der Waals surface area contributed by atoms with E-state index in [0.29, 0.717) is 12.6 Å². The zero-order chi connectivity index (χ0) is 19.3. The lowest BCUT2D eigenvalue weighted by Gasteiger charge is -2.25. The van der Waals surface area contributed by atoms with Gasteiger partial charge in [0.05, 0.1) is 37.1 Å². The SMILES string of the molecule is COc1ccc(Cn2ncc3c(NC4CCCCC4)c(/C=N/O)cnc32)cc1. The van der Waals surface area contributed by atoms with Crippen LogP contribution in [0.5, 0.6) is 5.75 Å². The predicted molar refractivity (Wildman–Crippen MR) is 110 cm³/mol. The van der Waals surface area contributed by atoms with Gasteiger partial charge in [0.1, 0.15) is 5.75 Å². The van der Waals surface area contributed by atoms with Crippen LogP contribution in [0.3, 0.4) is 0 Å². The van der Waals surface area contributed by atoms with Gasteiger partial charge >= 0.3 is 0 Å². The smallest absolute Gasteiger partial charge is 0.160 e. The summed E-state index contributed by atoms with van der Waals surface area (Å²) in [5.41, 5.74) is 3.64. The summed E-state index contributed by atoms with van der Waals surface area (Å²) >= 11 is 0. The van der Waals surface area contributed by atoms with Crippen LogP contribution in [0.4, 0.5) is 5.69 Å². The summed E-state index contributed by atoms with van der Waals surface area (Å²) in [6.45, 7) is 0.622. The normalized spacial score (nSPS) is 15.3. The number of rotatable bonds is 6. The lowest BCUT2D eigenvalue weighted by Crippen LogP contribution is -2.23. The van der Waals surface area contributed by atoms with Crippen LogP contribution in [0.25, 0.3) is 11.0 Å². The summed E-state index contributed by atoms with van der Waals surface area (Å²) in [4.78, 5) is 4.58. The summed E-state index contributed by atoms with van der Waals surface area (Å²) in [6, 6.07) is 8.37. The molecule has 1 saturated carbocycles. The molecule has 3 aromatic rings. The van der Waals surface area contributed by atoms with Gasteiger partial charge in [-0.05, 0) is 30.5 Å². The fourth-order valence-electron chi connectivity index (χ4n) is 3.83. The minimum Gasteiger partial charge on any atom is -0.497 e. The monoisotopic (exact) mass is 379 g/mol. The van der Waals surface area contributed by atoms with Crippen molar-refractivity contribution in [2.45, 2.75) is 44.7 Å². The second-order valence-corrected chi connectivity index (χ2v) is 7.20. The molecule has 2 N–H and O–H groups in total. The Bertz CT molecular complexity index is 959. The minimum atomic E-state index is 0.426. The fraction of sp³-hybridized carbons (Fsp3) is 0.381. The first-order valence-corrected chi connectivity index (χ1v) is 9.70. The minimum absolute atomic E-state index is 0.426. The molecule has 1 aromatic carbocycles. The van der Waals surface area contributed by atoms with Crippen LogP contribution in [0.1, 0.15) is 43.2 Å². The molecule has 28 heavy (non-hydrogen) atoms. The molecule has 7 nitrogen and oxygen atoms in total. The molecule has 0 aliphatic heterocycles. The van der Waals surface area contributed by atoms with E-state index in [4.69, 9.17) is 9.94 Å². The van der Waals surface area contributed by atoms with Crippen molar-refractivity contribution in [1.82, 2.24) is 14.8 Å². The molecule has 1 aliphatic rings. The lowest BCUT2D eigenvalue weighted by molar-refractivity contribution is 0.322. The number of oxime groups is 1. The van der Waals surface area contributed by atoms with Crippen molar-refractivity contribution in [2.75, 3.05) is 12.4 Å². The Balaban J connectivity index is 1.67. The molecule has 0 amide bonds. The number of fused-ring (bicyclic) bond motifs is 1. The van der Waals surface area contributed by atoms with Gasteiger partial charge in [-0.25, -0.2) is 9.67 Å². The Morgan fingerprint density at radius 3 is 2.71 bits per heavy atom. The first-order valence-electron chi connectivity index (χ1n) is 9.70. The Kier molecular flexibility index (Phi) is 5.41. The zero-order valence-electron chi connectivity index (χ0n) is 16.0. The van der Waals surface area contributed by atoms with Gasteiger partial charge in [-0.15, -0.1) is 0 Å². The largest absolute Gasteiger partial charge is 0.497 e. The van der Waals surface area contributed by atoms with Crippen LogP contribution < -0.4 is 10.1 Å². The number of nitrogens with zero attached hydrogens (tertiary/aromatic N) is 4. The third kappa shape index (κ3) is 3.78. The van der Waals surface area contributed by atoms with E-state index in [9.17, 15) is 0 Å². The summed E-state index contributed by atoms with van der Waals surface area (Å²) in [6.07, 6.45) is 11.1. The highest BCUT2D eigenvalue weighted by molar-refractivity contribution is 6.00. The van der Waals surface area contributed by atoms with Crippen LogP contribution in [0.2, 0.25) is 0 Å². The number of hydrogen-bond donors (Lipinski definition) is 2. The molecule has 7 heteroatoms. The second kappa shape index (κ2) is 8.29. The van der Waals surface area contributed by atoms with E-state index in [-0.39, 0.29) is 0 Å². The molecule has 146 valence electrons. The van der Waals surface area contributed by atoms with E-state index in [1.54, 1.807) is 13.3 Å². The van der Waals surface area contributed by atoms with Crippen molar-refractivity contribution in [3.05, 3.63) is 47.8 Å². The highest BCUT2D eigenvalue weighted by atomic mass is 16.5. The van der Waals surface area contributed by atoms with E-state index in [2.05, 4.69) is 20.6 Å². The first-order chi connectivity index (χ1) is 13.8. The summed E-state index contributed by atoms with van der Waals surface area (Å²) in [5, 5.41) is 21.4. The molecule has 0 saturated heterocycles. The third-order valence-corrected chi connectivity index (χ3v) is 5.34. The number of nitrogens with one attached hydrogen (secondary N) is 1. The third-order valence-electron chi connectivity index (χ3n) is 5.34. The topological polar surface area (TPSA) is 84.6 Å².